The van der Waals surface area contributed by atoms with Crippen LogP contribution in [-0.2, 0) is 4.79 Å². The van der Waals surface area contributed by atoms with Crippen LogP contribution in [0.25, 0.3) is 0 Å². The summed E-state index contributed by atoms with van der Waals surface area (Å²) in [6.45, 7) is 5.32. The number of hydrogen-bond donors (Lipinski definition) is 1. The normalized spacial score (nSPS) is 38.9. The van der Waals surface area contributed by atoms with Crippen molar-refractivity contribution >= 4 is 5.91 Å². The first-order valence-corrected chi connectivity index (χ1v) is 6.54. The minimum Gasteiger partial charge on any atom is -0.341 e. The molecule has 0 bridgehead atoms. The average molecular weight is 223 g/mol. The van der Waals surface area contributed by atoms with Gasteiger partial charge in [-0.25, -0.2) is 0 Å². The van der Waals surface area contributed by atoms with Crippen molar-refractivity contribution in [3.63, 3.8) is 0 Å². The lowest BCUT2D eigenvalue weighted by atomic mass is 10.1. The van der Waals surface area contributed by atoms with Crippen LogP contribution in [0, 0.1) is 11.8 Å². The number of amides is 1. The molecule has 0 spiro atoms. The molecule has 3 atom stereocenters. The van der Waals surface area contributed by atoms with Gasteiger partial charge in [-0.2, -0.15) is 0 Å². The number of piperidine rings is 2. The van der Waals surface area contributed by atoms with E-state index in [0.717, 1.165) is 19.6 Å². The maximum absolute atomic E-state index is 11.9. The number of rotatable bonds is 3. The first-order valence-electron chi connectivity index (χ1n) is 6.54. The van der Waals surface area contributed by atoms with Crippen LogP contribution in [0.15, 0.2) is 0 Å². The van der Waals surface area contributed by atoms with Crippen LogP contribution in [0.2, 0.25) is 0 Å². The van der Waals surface area contributed by atoms with Crippen LogP contribution in [-0.4, -0.2) is 54.5 Å². The molecule has 3 fully saturated rings. The fourth-order valence-corrected chi connectivity index (χ4v) is 3.19. The highest BCUT2D eigenvalue weighted by Crippen LogP contribution is 2.44. The van der Waals surface area contributed by atoms with E-state index in [4.69, 9.17) is 5.73 Å². The van der Waals surface area contributed by atoms with Crippen molar-refractivity contribution in [2.45, 2.75) is 25.3 Å². The Labute approximate surface area is 96.8 Å². The number of carbonyl (C=O) groups is 1. The molecule has 2 aliphatic heterocycles. The molecule has 0 aromatic rings. The molecule has 0 aromatic carbocycles. The maximum Gasteiger partial charge on any atom is 0.227 e. The van der Waals surface area contributed by atoms with Gasteiger partial charge in [-0.1, -0.05) is 6.42 Å². The summed E-state index contributed by atoms with van der Waals surface area (Å²) in [5, 5.41) is 0. The van der Waals surface area contributed by atoms with Gasteiger partial charge >= 0.3 is 0 Å². The van der Waals surface area contributed by atoms with Gasteiger partial charge < -0.3 is 15.5 Å². The van der Waals surface area contributed by atoms with Crippen molar-refractivity contribution in [3.8, 4) is 0 Å². The third-order valence-electron chi connectivity index (χ3n) is 4.39. The van der Waals surface area contributed by atoms with E-state index in [2.05, 4.69) is 4.90 Å². The summed E-state index contributed by atoms with van der Waals surface area (Å²) in [7, 11) is 0. The first kappa shape index (κ1) is 10.5. The van der Waals surface area contributed by atoms with Crippen LogP contribution in [0.1, 0.15) is 19.3 Å². The van der Waals surface area contributed by atoms with Gasteiger partial charge in [-0.15, -0.1) is 0 Å². The average Bonchev–Trinajstić information content (AvgIpc) is 2.80. The molecule has 90 valence electrons. The van der Waals surface area contributed by atoms with Gasteiger partial charge in [0, 0.05) is 31.6 Å². The highest BCUT2D eigenvalue weighted by atomic mass is 16.2. The zero-order chi connectivity index (χ0) is 11.1. The van der Waals surface area contributed by atoms with Crippen molar-refractivity contribution in [2.75, 3.05) is 32.7 Å². The van der Waals surface area contributed by atoms with Crippen molar-refractivity contribution in [3.05, 3.63) is 0 Å². The highest BCUT2D eigenvalue weighted by Gasteiger charge is 2.59. The second-order valence-corrected chi connectivity index (χ2v) is 5.45. The van der Waals surface area contributed by atoms with Gasteiger partial charge in [-0.05, 0) is 25.9 Å². The van der Waals surface area contributed by atoms with E-state index in [1.54, 1.807) is 0 Å². The van der Waals surface area contributed by atoms with E-state index >= 15 is 0 Å². The first-order chi connectivity index (χ1) is 7.77. The van der Waals surface area contributed by atoms with Gasteiger partial charge in [0.2, 0.25) is 5.91 Å². The quantitative estimate of drug-likeness (QED) is 0.726. The predicted octanol–water partition coefficient (Wildman–Crippen LogP) is -0.112. The van der Waals surface area contributed by atoms with Crippen molar-refractivity contribution < 1.29 is 4.79 Å². The number of carbonyl (C=O) groups excluding carboxylic acids is 1. The summed E-state index contributed by atoms with van der Waals surface area (Å²) in [5.74, 6) is 0.977. The lowest BCUT2D eigenvalue weighted by Gasteiger charge is -2.29. The summed E-state index contributed by atoms with van der Waals surface area (Å²) >= 11 is 0. The number of likely N-dealkylation sites (tertiary alicyclic amines) is 2. The predicted molar refractivity (Wildman–Crippen MR) is 61.8 cm³/mol. The Morgan fingerprint density at radius 2 is 1.94 bits per heavy atom. The standard InChI is InChI=1S/C12H21N3O/c13-11-9-8-15(12(16)10(9)11)7-6-14-4-2-1-3-5-14/h9-11H,1-8,13H2. The minimum atomic E-state index is 0.179. The SMILES string of the molecule is NC1C2CN(CCN3CCCCC3)C(=O)C12. The maximum atomic E-state index is 11.9. The number of hydrogen-bond acceptors (Lipinski definition) is 3. The highest BCUT2D eigenvalue weighted by molar-refractivity contribution is 5.86. The molecular weight excluding hydrogens is 202 g/mol. The molecule has 4 heteroatoms. The zero-order valence-corrected chi connectivity index (χ0v) is 9.77. The molecule has 16 heavy (non-hydrogen) atoms. The number of fused-ring (bicyclic) bond motifs is 1. The van der Waals surface area contributed by atoms with Crippen molar-refractivity contribution in [1.29, 1.82) is 0 Å². The summed E-state index contributed by atoms with van der Waals surface area (Å²) in [5.41, 5.74) is 5.81. The fourth-order valence-electron chi connectivity index (χ4n) is 3.19. The Bertz CT molecular complexity index is 288. The number of nitrogens with two attached hydrogens (primary N) is 1. The van der Waals surface area contributed by atoms with Crippen LogP contribution >= 0.6 is 0 Å². The second-order valence-electron chi connectivity index (χ2n) is 5.45. The van der Waals surface area contributed by atoms with Crippen LogP contribution in [0.5, 0.6) is 0 Å². The lowest BCUT2D eigenvalue weighted by Crippen LogP contribution is -2.41. The molecule has 3 unspecified atom stereocenters. The Kier molecular flexibility index (Phi) is 2.64. The van der Waals surface area contributed by atoms with E-state index in [1.807, 2.05) is 4.90 Å². The van der Waals surface area contributed by atoms with Crippen LogP contribution < -0.4 is 5.73 Å². The summed E-state index contributed by atoms with van der Waals surface area (Å²) in [6.07, 6.45) is 4.02. The third-order valence-corrected chi connectivity index (χ3v) is 4.39. The molecule has 1 saturated carbocycles. The van der Waals surface area contributed by atoms with E-state index in [1.165, 1.54) is 32.4 Å². The molecule has 2 saturated heterocycles. The van der Waals surface area contributed by atoms with Gasteiger partial charge in [-0.3, -0.25) is 4.79 Å². The van der Waals surface area contributed by atoms with Crippen molar-refractivity contribution in [1.82, 2.24) is 9.80 Å². The largest absolute Gasteiger partial charge is 0.341 e. The second kappa shape index (κ2) is 4.00. The summed E-state index contributed by atoms with van der Waals surface area (Å²) in [4.78, 5) is 16.4. The molecule has 0 radical (unpaired) electrons. The molecule has 3 aliphatic rings. The van der Waals surface area contributed by atoms with E-state index in [0.29, 0.717) is 11.8 Å². The van der Waals surface area contributed by atoms with Crippen LogP contribution in [0.3, 0.4) is 0 Å². The van der Waals surface area contributed by atoms with Gasteiger partial charge in [0.25, 0.3) is 0 Å². The van der Waals surface area contributed by atoms with Gasteiger partial charge in [0.1, 0.15) is 0 Å². The lowest BCUT2D eigenvalue weighted by molar-refractivity contribution is -0.130. The molecule has 4 nitrogen and oxygen atoms in total. The minimum absolute atomic E-state index is 0.179. The number of nitrogens with zero attached hydrogens (tertiary/aromatic N) is 2. The summed E-state index contributed by atoms with van der Waals surface area (Å²) in [6, 6.07) is 0.179. The molecule has 2 N–H and O–H groups in total. The van der Waals surface area contributed by atoms with Gasteiger partial charge in [0.15, 0.2) is 0 Å². The van der Waals surface area contributed by atoms with Crippen molar-refractivity contribution in [2.24, 2.45) is 17.6 Å². The fraction of sp³-hybridized carbons (Fsp3) is 0.917. The Hall–Kier alpha value is -0.610. The van der Waals surface area contributed by atoms with Crippen LogP contribution in [0.4, 0.5) is 0 Å². The van der Waals surface area contributed by atoms with E-state index in [9.17, 15) is 4.79 Å². The molecule has 0 aromatic heterocycles. The smallest absolute Gasteiger partial charge is 0.227 e. The van der Waals surface area contributed by atoms with Gasteiger partial charge in [0.05, 0.1) is 5.92 Å². The molecule has 2 heterocycles. The summed E-state index contributed by atoms with van der Waals surface area (Å²) < 4.78 is 0. The molecular formula is C12H21N3O. The van der Waals surface area contributed by atoms with E-state index < -0.39 is 0 Å². The zero-order valence-electron chi connectivity index (χ0n) is 9.77. The molecule has 3 rings (SSSR count). The molecule has 1 aliphatic carbocycles. The topological polar surface area (TPSA) is 49.6 Å². The van der Waals surface area contributed by atoms with E-state index in [-0.39, 0.29) is 12.0 Å². The Balaban J connectivity index is 1.44. The monoisotopic (exact) mass is 223 g/mol. The Morgan fingerprint density at radius 1 is 1.19 bits per heavy atom. The third kappa shape index (κ3) is 1.74. The molecule has 1 amide bonds. The Morgan fingerprint density at radius 3 is 2.56 bits per heavy atom.